The predicted molar refractivity (Wildman–Crippen MR) is 71.9 cm³/mol. The molecule has 0 aromatic carbocycles. The van der Waals surface area contributed by atoms with Gasteiger partial charge >= 0.3 is 0 Å². The summed E-state index contributed by atoms with van der Waals surface area (Å²) in [6.07, 6.45) is 5.21. The van der Waals surface area contributed by atoms with Crippen LogP contribution in [0.25, 0.3) is 0 Å². The molecule has 1 heterocycles. The molecule has 1 aliphatic heterocycles. The van der Waals surface area contributed by atoms with Crippen molar-refractivity contribution < 1.29 is 0 Å². The average molecular weight is 226 g/mol. The summed E-state index contributed by atoms with van der Waals surface area (Å²) in [7, 11) is 0. The van der Waals surface area contributed by atoms with Crippen LogP contribution in [-0.2, 0) is 0 Å². The first-order valence-electron chi connectivity index (χ1n) is 7.01. The summed E-state index contributed by atoms with van der Waals surface area (Å²) >= 11 is 0. The Bertz CT molecular complexity index is 201. The highest BCUT2D eigenvalue weighted by atomic mass is 15.2. The predicted octanol–water partition coefficient (Wildman–Crippen LogP) is 3.03. The van der Waals surface area contributed by atoms with Gasteiger partial charge in [0.05, 0.1) is 0 Å². The van der Waals surface area contributed by atoms with Crippen LogP contribution >= 0.6 is 0 Å². The van der Waals surface area contributed by atoms with E-state index in [4.69, 9.17) is 0 Å². The summed E-state index contributed by atoms with van der Waals surface area (Å²) in [5, 5.41) is 3.59. The van der Waals surface area contributed by atoms with E-state index >= 15 is 0 Å². The molecule has 1 saturated heterocycles. The molecule has 0 aromatic heterocycles. The van der Waals surface area contributed by atoms with Gasteiger partial charge in [0.1, 0.15) is 0 Å². The largest absolute Gasteiger partial charge is 0.314 e. The van der Waals surface area contributed by atoms with Gasteiger partial charge in [0.25, 0.3) is 0 Å². The molecule has 1 fully saturated rings. The van der Waals surface area contributed by atoms with E-state index in [1.807, 2.05) is 0 Å². The van der Waals surface area contributed by atoms with Gasteiger partial charge in [-0.25, -0.2) is 0 Å². The Balaban J connectivity index is 2.52. The zero-order valence-electron chi connectivity index (χ0n) is 11.8. The molecule has 0 aliphatic carbocycles. The highest BCUT2D eigenvalue weighted by Gasteiger charge is 2.34. The summed E-state index contributed by atoms with van der Waals surface area (Å²) in [5.41, 5.74) is 0.380. The maximum Gasteiger partial charge on any atom is 0.0156 e. The summed E-state index contributed by atoms with van der Waals surface area (Å²) in [5.74, 6) is 0. The third kappa shape index (κ3) is 3.46. The van der Waals surface area contributed by atoms with Crippen LogP contribution in [-0.4, -0.2) is 35.6 Å². The average Bonchev–Trinajstić information content (AvgIpc) is 2.17. The molecule has 0 spiro atoms. The smallest absolute Gasteiger partial charge is 0.0156 e. The summed E-state index contributed by atoms with van der Waals surface area (Å²) < 4.78 is 0. The van der Waals surface area contributed by atoms with Crippen molar-refractivity contribution in [2.24, 2.45) is 0 Å². The van der Waals surface area contributed by atoms with Crippen molar-refractivity contribution in [1.82, 2.24) is 10.2 Å². The molecule has 0 aromatic rings. The fourth-order valence-electron chi connectivity index (χ4n) is 3.30. The van der Waals surface area contributed by atoms with Gasteiger partial charge in [0, 0.05) is 24.2 Å². The molecule has 1 aliphatic rings. The lowest BCUT2D eigenvalue weighted by atomic mass is 9.89. The fourth-order valence-corrected chi connectivity index (χ4v) is 3.30. The number of hydrogen-bond acceptors (Lipinski definition) is 2. The van der Waals surface area contributed by atoms with Crippen molar-refractivity contribution in [1.29, 1.82) is 0 Å². The van der Waals surface area contributed by atoms with Crippen LogP contribution in [0.3, 0.4) is 0 Å². The van der Waals surface area contributed by atoms with E-state index in [1.165, 1.54) is 32.2 Å². The second kappa shape index (κ2) is 6.02. The van der Waals surface area contributed by atoms with Gasteiger partial charge in [0.2, 0.25) is 0 Å². The minimum absolute atomic E-state index is 0.380. The van der Waals surface area contributed by atoms with Gasteiger partial charge in [-0.1, -0.05) is 20.3 Å². The third-order valence-electron chi connectivity index (χ3n) is 4.01. The molecule has 2 atom stereocenters. The van der Waals surface area contributed by atoms with Crippen molar-refractivity contribution in [3.8, 4) is 0 Å². The van der Waals surface area contributed by atoms with Gasteiger partial charge in [-0.15, -0.1) is 0 Å². The van der Waals surface area contributed by atoms with Crippen molar-refractivity contribution in [2.75, 3.05) is 13.1 Å². The lowest BCUT2D eigenvalue weighted by Crippen LogP contribution is -2.55. The van der Waals surface area contributed by atoms with Crippen molar-refractivity contribution >= 4 is 0 Å². The Hall–Kier alpha value is -0.0800. The SMILES string of the molecule is CCCC(C)(C)N1CCC(NCC)CC1C. The molecule has 2 heteroatoms. The number of likely N-dealkylation sites (tertiary alicyclic amines) is 1. The van der Waals surface area contributed by atoms with E-state index in [1.54, 1.807) is 0 Å². The summed E-state index contributed by atoms with van der Waals surface area (Å²) in [6, 6.07) is 1.47. The normalized spacial score (nSPS) is 28.3. The van der Waals surface area contributed by atoms with Crippen molar-refractivity contribution in [3.05, 3.63) is 0 Å². The van der Waals surface area contributed by atoms with Crippen molar-refractivity contribution in [2.45, 2.75) is 77.9 Å². The number of rotatable bonds is 5. The maximum atomic E-state index is 3.59. The molecule has 0 amide bonds. The van der Waals surface area contributed by atoms with E-state index in [0.717, 1.165) is 18.6 Å². The second-order valence-electron chi connectivity index (χ2n) is 5.88. The Morgan fingerprint density at radius 2 is 2.00 bits per heavy atom. The molecular weight excluding hydrogens is 196 g/mol. The van der Waals surface area contributed by atoms with E-state index in [2.05, 4.69) is 44.8 Å². The van der Waals surface area contributed by atoms with Crippen LogP contribution in [0.1, 0.15) is 60.3 Å². The lowest BCUT2D eigenvalue weighted by molar-refractivity contribution is 0.0311. The summed E-state index contributed by atoms with van der Waals surface area (Å²) in [4.78, 5) is 2.71. The van der Waals surface area contributed by atoms with Crippen LogP contribution in [0.15, 0.2) is 0 Å². The molecular formula is C14H30N2. The maximum absolute atomic E-state index is 3.59. The van der Waals surface area contributed by atoms with E-state index in [9.17, 15) is 0 Å². The number of nitrogens with zero attached hydrogens (tertiary/aromatic N) is 1. The zero-order valence-corrected chi connectivity index (χ0v) is 11.8. The monoisotopic (exact) mass is 226 g/mol. The van der Waals surface area contributed by atoms with Crippen LogP contribution in [0.5, 0.6) is 0 Å². The highest BCUT2D eigenvalue weighted by Crippen LogP contribution is 2.29. The van der Waals surface area contributed by atoms with Crippen LogP contribution in [0, 0.1) is 0 Å². The van der Waals surface area contributed by atoms with Crippen LogP contribution < -0.4 is 5.32 Å². The molecule has 0 saturated carbocycles. The van der Waals surface area contributed by atoms with Crippen LogP contribution in [0.4, 0.5) is 0 Å². The molecule has 0 bridgehead atoms. The van der Waals surface area contributed by atoms with E-state index < -0.39 is 0 Å². The Kier molecular flexibility index (Phi) is 5.26. The first-order valence-corrected chi connectivity index (χ1v) is 7.01. The molecule has 2 unspecified atom stereocenters. The molecule has 1 rings (SSSR count). The van der Waals surface area contributed by atoms with Gasteiger partial charge in [-0.2, -0.15) is 0 Å². The van der Waals surface area contributed by atoms with Gasteiger partial charge in [-0.05, 0) is 46.6 Å². The van der Waals surface area contributed by atoms with Crippen LogP contribution in [0.2, 0.25) is 0 Å². The zero-order chi connectivity index (χ0) is 12.2. The highest BCUT2D eigenvalue weighted by molar-refractivity contribution is 4.91. The quantitative estimate of drug-likeness (QED) is 0.775. The number of nitrogens with one attached hydrogen (secondary N) is 1. The number of hydrogen-bond donors (Lipinski definition) is 1. The van der Waals surface area contributed by atoms with E-state index in [-0.39, 0.29) is 0 Å². The minimum atomic E-state index is 0.380. The Morgan fingerprint density at radius 3 is 2.50 bits per heavy atom. The Morgan fingerprint density at radius 1 is 1.31 bits per heavy atom. The standard InChI is InChI=1S/C14H30N2/c1-6-9-14(4,5)16-10-8-13(15-7-2)11-12(16)3/h12-13,15H,6-11H2,1-5H3. The lowest BCUT2D eigenvalue weighted by Gasteiger charge is -2.47. The minimum Gasteiger partial charge on any atom is -0.314 e. The fraction of sp³-hybridized carbons (Fsp3) is 1.00. The molecule has 1 N–H and O–H groups in total. The molecule has 16 heavy (non-hydrogen) atoms. The molecule has 0 radical (unpaired) electrons. The van der Waals surface area contributed by atoms with E-state index in [0.29, 0.717) is 5.54 Å². The first kappa shape index (κ1) is 14.0. The van der Waals surface area contributed by atoms with Gasteiger partial charge in [0.15, 0.2) is 0 Å². The number of piperidine rings is 1. The van der Waals surface area contributed by atoms with Crippen molar-refractivity contribution in [3.63, 3.8) is 0 Å². The topological polar surface area (TPSA) is 15.3 Å². The molecule has 2 nitrogen and oxygen atoms in total. The molecule has 96 valence electrons. The third-order valence-corrected chi connectivity index (χ3v) is 4.01. The second-order valence-corrected chi connectivity index (χ2v) is 5.88. The first-order chi connectivity index (χ1) is 7.51. The summed E-state index contributed by atoms with van der Waals surface area (Å²) in [6.45, 7) is 14.1. The Labute approximate surface area is 102 Å². The van der Waals surface area contributed by atoms with Gasteiger partial charge in [-0.3, -0.25) is 4.90 Å². The van der Waals surface area contributed by atoms with Gasteiger partial charge < -0.3 is 5.32 Å².